The Kier molecular flexibility index (Phi) is 6.52. The van der Waals surface area contributed by atoms with Gasteiger partial charge in [0.25, 0.3) is 0 Å². The van der Waals surface area contributed by atoms with Crippen LogP contribution in [0.1, 0.15) is 43.8 Å². The summed E-state index contributed by atoms with van der Waals surface area (Å²) in [5, 5.41) is 12.7. The third kappa shape index (κ3) is 4.81. The standard InChI is InChI=1S/C22H26N4OS/c1-15(2)21(27)23-17(4)20-24-25-22(28-14-18-8-6-5-7-9-18)26(20)19-12-10-16(3)11-13-19/h5-13,15,17H,14H2,1-4H3,(H,23,27). The van der Waals surface area contributed by atoms with Gasteiger partial charge in [0.15, 0.2) is 11.0 Å². The van der Waals surface area contributed by atoms with Gasteiger partial charge in [-0.15, -0.1) is 10.2 Å². The van der Waals surface area contributed by atoms with Gasteiger partial charge in [0.05, 0.1) is 6.04 Å². The van der Waals surface area contributed by atoms with Crippen molar-refractivity contribution in [2.24, 2.45) is 5.92 Å². The van der Waals surface area contributed by atoms with E-state index >= 15 is 0 Å². The van der Waals surface area contributed by atoms with Gasteiger partial charge in [-0.2, -0.15) is 0 Å². The first-order chi connectivity index (χ1) is 13.5. The average molecular weight is 395 g/mol. The third-order valence-corrected chi connectivity index (χ3v) is 5.43. The Hall–Kier alpha value is -2.60. The van der Waals surface area contributed by atoms with Crippen LogP contribution in [0.25, 0.3) is 5.69 Å². The van der Waals surface area contributed by atoms with E-state index in [0.717, 1.165) is 22.4 Å². The third-order valence-electron chi connectivity index (χ3n) is 4.43. The number of hydrogen-bond donors (Lipinski definition) is 1. The number of benzene rings is 2. The van der Waals surface area contributed by atoms with E-state index in [4.69, 9.17) is 0 Å². The molecule has 1 aromatic heterocycles. The molecule has 28 heavy (non-hydrogen) atoms. The zero-order valence-corrected chi connectivity index (χ0v) is 17.5. The predicted octanol–water partition coefficient (Wildman–Crippen LogP) is 4.70. The molecule has 0 spiro atoms. The Bertz CT molecular complexity index is 919. The highest BCUT2D eigenvalue weighted by Gasteiger charge is 2.21. The number of nitrogens with zero attached hydrogens (tertiary/aromatic N) is 3. The van der Waals surface area contributed by atoms with Crippen molar-refractivity contribution in [1.29, 1.82) is 0 Å². The molecule has 0 saturated carbocycles. The SMILES string of the molecule is Cc1ccc(-n2c(SCc3ccccc3)nnc2C(C)NC(=O)C(C)C)cc1. The Morgan fingerprint density at radius 3 is 2.36 bits per heavy atom. The zero-order chi connectivity index (χ0) is 20.1. The molecule has 6 heteroatoms. The molecule has 2 aromatic carbocycles. The van der Waals surface area contributed by atoms with E-state index in [2.05, 4.69) is 58.8 Å². The van der Waals surface area contributed by atoms with Crippen molar-refractivity contribution in [2.75, 3.05) is 0 Å². The number of carbonyl (C=O) groups excluding carboxylic acids is 1. The van der Waals surface area contributed by atoms with Crippen molar-refractivity contribution >= 4 is 17.7 Å². The minimum absolute atomic E-state index is 0.00412. The van der Waals surface area contributed by atoms with Crippen LogP contribution in [-0.4, -0.2) is 20.7 Å². The molecule has 0 saturated heterocycles. The number of nitrogens with one attached hydrogen (secondary N) is 1. The van der Waals surface area contributed by atoms with Crippen LogP contribution >= 0.6 is 11.8 Å². The predicted molar refractivity (Wildman–Crippen MR) is 113 cm³/mol. The minimum atomic E-state index is -0.241. The lowest BCUT2D eigenvalue weighted by Gasteiger charge is -2.17. The highest BCUT2D eigenvalue weighted by atomic mass is 32.2. The zero-order valence-electron chi connectivity index (χ0n) is 16.7. The summed E-state index contributed by atoms with van der Waals surface area (Å²) in [6, 6.07) is 18.3. The Labute approximate surface area is 170 Å². The van der Waals surface area contributed by atoms with Crippen molar-refractivity contribution in [3.63, 3.8) is 0 Å². The molecule has 3 aromatic rings. The monoisotopic (exact) mass is 394 g/mol. The van der Waals surface area contributed by atoms with Crippen molar-refractivity contribution < 1.29 is 4.79 Å². The maximum Gasteiger partial charge on any atom is 0.223 e. The lowest BCUT2D eigenvalue weighted by atomic mass is 10.2. The maximum atomic E-state index is 12.2. The summed E-state index contributed by atoms with van der Waals surface area (Å²) in [6.07, 6.45) is 0. The van der Waals surface area contributed by atoms with Crippen molar-refractivity contribution in [3.8, 4) is 5.69 Å². The Balaban J connectivity index is 1.92. The van der Waals surface area contributed by atoms with Crippen LogP contribution in [0.2, 0.25) is 0 Å². The molecule has 5 nitrogen and oxygen atoms in total. The molecule has 3 rings (SSSR count). The molecular weight excluding hydrogens is 368 g/mol. The van der Waals surface area contributed by atoms with E-state index in [1.807, 2.05) is 43.5 Å². The summed E-state index contributed by atoms with van der Waals surface area (Å²) in [7, 11) is 0. The van der Waals surface area contributed by atoms with Gasteiger partial charge in [-0.25, -0.2) is 0 Å². The molecule has 0 aliphatic rings. The largest absolute Gasteiger partial charge is 0.346 e. The van der Waals surface area contributed by atoms with E-state index in [1.165, 1.54) is 11.1 Å². The molecule has 0 bridgehead atoms. The van der Waals surface area contributed by atoms with Gasteiger partial charge in [0.2, 0.25) is 5.91 Å². The topological polar surface area (TPSA) is 59.8 Å². The van der Waals surface area contributed by atoms with Crippen LogP contribution in [0.3, 0.4) is 0 Å². The minimum Gasteiger partial charge on any atom is -0.346 e. The molecule has 0 fully saturated rings. The van der Waals surface area contributed by atoms with E-state index in [0.29, 0.717) is 0 Å². The summed E-state index contributed by atoms with van der Waals surface area (Å²) in [6.45, 7) is 7.77. The first kappa shape index (κ1) is 20.1. The summed E-state index contributed by atoms with van der Waals surface area (Å²) in [4.78, 5) is 12.2. The number of carbonyl (C=O) groups is 1. The van der Waals surface area contributed by atoms with E-state index in [-0.39, 0.29) is 17.9 Å². The van der Waals surface area contributed by atoms with Gasteiger partial charge >= 0.3 is 0 Å². The lowest BCUT2D eigenvalue weighted by molar-refractivity contribution is -0.124. The fraction of sp³-hybridized carbons (Fsp3) is 0.318. The molecular formula is C22H26N4OS. The van der Waals surface area contributed by atoms with E-state index in [1.54, 1.807) is 11.8 Å². The molecule has 1 amide bonds. The molecule has 0 radical (unpaired) electrons. The number of hydrogen-bond acceptors (Lipinski definition) is 4. The number of rotatable bonds is 7. The van der Waals surface area contributed by atoms with Crippen LogP contribution in [0, 0.1) is 12.8 Å². The van der Waals surface area contributed by atoms with Crippen LogP contribution in [0.5, 0.6) is 0 Å². The van der Waals surface area contributed by atoms with Crippen LogP contribution in [-0.2, 0) is 10.5 Å². The molecule has 1 atom stereocenters. The normalized spacial score (nSPS) is 12.2. The van der Waals surface area contributed by atoms with Gasteiger partial charge in [-0.05, 0) is 31.5 Å². The van der Waals surface area contributed by atoms with Crippen molar-refractivity contribution in [2.45, 2.75) is 44.6 Å². The Morgan fingerprint density at radius 2 is 1.71 bits per heavy atom. The second kappa shape index (κ2) is 9.06. The second-order valence-electron chi connectivity index (χ2n) is 7.17. The van der Waals surface area contributed by atoms with Gasteiger partial charge in [0, 0.05) is 17.4 Å². The summed E-state index contributed by atoms with van der Waals surface area (Å²) in [5.74, 6) is 1.46. The van der Waals surface area contributed by atoms with Gasteiger partial charge in [-0.1, -0.05) is 73.6 Å². The van der Waals surface area contributed by atoms with Gasteiger partial charge < -0.3 is 5.32 Å². The second-order valence-corrected chi connectivity index (χ2v) is 8.11. The highest BCUT2D eigenvalue weighted by Crippen LogP contribution is 2.27. The van der Waals surface area contributed by atoms with Crippen LogP contribution in [0.4, 0.5) is 0 Å². The van der Waals surface area contributed by atoms with Crippen molar-refractivity contribution in [3.05, 3.63) is 71.5 Å². The van der Waals surface area contributed by atoms with Gasteiger partial charge in [-0.3, -0.25) is 9.36 Å². The fourth-order valence-electron chi connectivity index (χ4n) is 2.76. The number of aromatic nitrogens is 3. The molecule has 0 aliphatic carbocycles. The van der Waals surface area contributed by atoms with Crippen LogP contribution in [0.15, 0.2) is 59.8 Å². The van der Waals surface area contributed by atoms with Crippen molar-refractivity contribution in [1.82, 2.24) is 20.1 Å². The Morgan fingerprint density at radius 1 is 1.04 bits per heavy atom. The number of thioether (sulfide) groups is 1. The molecule has 146 valence electrons. The molecule has 1 N–H and O–H groups in total. The number of amides is 1. The molecule has 0 aliphatic heterocycles. The first-order valence-corrected chi connectivity index (χ1v) is 10.4. The average Bonchev–Trinajstić information content (AvgIpc) is 3.11. The number of aryl methyl sites for hydroxylation is 1. The lowest BCUT2D eigenvalue weighted by Crippen LogP contribution is -2.31. The quantitative estimate of drug-likeness (QED) is 0.590. The summed E-state index contributed by atoms with van der Waals surface area (Å²) >= 11 is 1.64. The maximum absolute atomic E-state index is 12.2. The molecule has 1 unspecified atom stereocenters. The fourth-order valence-corrected chi connectivity index (χ4v) is 3.67. The smallest absolute Gasteiger partial charge is 0.223 e. The summed E-state index contributed by atoms with van der Waals surface area (Å²) < 4.78 is 2.04. The van der Waals surface area contributed by atoms with Gasteiger partial charge in [0.1, 0.15) is 0 Å². The highest BCUT2D eigenvalue weighted by molar-refractivity contribution is 7.98. The van der Waals surface area contributed by atoms with Crippen LogP contribution < -0.4 is 5.32 Å². The van der Waals surface area contributed by atoms with E-state index < -0.39 is 0 Å². The first-order valence-electron chi connectivity index (χ1n) is 9.45. The summed E-state index contributed by atoms with van der Waals surface area (Å²) in [5.41, 5.74) is 3.42. The molecule has 1 heterocycles. The van der Waals surface area contributed by atoms with E-state index in [9.17, 15) is 4.79 Å².